The van der Waals surface area contributed by atoms with Crippen LogP contribution >= 0.6 is 0 Å². The normalized spacial score (nSPS) is 20.6. The van der Waals surface area contributed by atoms with Gasteiger partial charge in [0.15, 0.2) is 0 Å². The minimum absolute atomic E-state index is 0.390. The average molecular weight is 232 g/mol. The number of aromatic nitrogens is 2. The highest BCUT2D eigenvalue weighted by Crippen LogP contribution is 2.15. The van der Waals surface area contributed by atoms with Crippen molar-refractivity contribution in [2.45, 2.75) is 6.04 Å². The SMILES string of the molecule is c1nc2ccc(NCC3COCCN3)cc2[nH]1. The Balaban J connectivity index is 1.63. The van der Waals surface area contributed by atoms with E-state index < -0.39 is 0 Å². The van der Waals surface area contributed by atoms with Gasteiger partial charge in [0.25, 0.3) is 0 Å². The molecule has 0 radical (unpaired) electrons. The van der Waals surface area contributed by atoms with Crippen molar-refractivity contribution in [1.29, 1.82) is 0 Å². The predicted molar refractivity (Wildman–Crippen MR) is 67.2 cm³/mol. The Bertz CT molecular complexity index is 490. The van der Waals surface area contributed by atoms with Gasteiger partial charge < -0.3 is 20.4 Å². The predicted octanol–water partition coefficient (Wildman–Crippen LogP) is 0.963. The van der Waals surface area contributed by atoms with Crippen LogP contribution in [0.2, 0.25) is 0 Å². The highest BCUT2D eigenvalue weighted by molar-refractivity contribution is 5.78. The molecule has 1 unspecified atom stereocenters. The molecule has 1 aromatic carbocycles. The molecular weight excluding hydrogens is 216 g/mol. The molecule has 2 heterocycles. The number of aromatic amines is 1. The van der Waals surface area contributed by atoms with Gasteiger partial charge in [0.2, 0.25) is 0 Å². The number of hydrogen-bond acceptors (Lipinski definition) is 4. The van der Waals surface area contributed by atoms with Crippen LogP contribution in [-0.4, -0.2) is 42.3 Å². The van der Waals surface area contributed by atoms with Gasteiger partial charge in [-0.3, -0.25) is 0 Å². The fraction of sp³-hybridized carbons (Fsp3) is 0.417. The third kappa shape index (κ3) is 2.40. The quantitative estimate of drug-likeness (QED) is 0.737. The summed E-state index contributed by atoms with van der Waals surface area (Å²) in [5.41, 5.74) is 3.16. The zero-order valence-corrected chi connectivity index (χ0v) is 9.57. The number of morpholine rings is 1. The second kappa shape index (κ2) is 4.73. The number of nitrogens with one attached hydrogen (secondary N) is 3. The molecule has 1 saturated heterocycles. The minimum Gasteiger partial charge on any atom is -0.383 e. The van der Waals surface area contributed by atoms with E-state index in [0.29, 0.717) is 6.04 Å². The molecule has 0 aliphatic carbocycles. The van der Waals surface area contributed by atoms with Crippen LogP contribution in [-0.2, 0) is 4.74 Å². The zero-order valence-electron chi connectivity index (χ0n) is 9.57. The average Bonchev–Trinajstić information content (AvgIpc) is 2.85. The van der Waals surface area contributed by atoms with Crippen LogP contribution < -0.4 is 10.6 Å². The van der Waals surface area contributed by atoms with Crippen LogP contribution in [0.1, 0.15) is 0 Å². The van der Waals surface area contributed by atoms with E-state index in [4.69, 9.17) is 4.74 Å². The molecule has 1 atom stereocenters. The Labute approximate surface area is 99.6 Å². The highest BCUT2D eigenvalue weighted by Gasteiger charge is 2.12. The van der Waals surface area contributed by atoms with Crippen LogP contribution in [0.4, 0.5) is 5.69 Å². The number of fused-ring (bicyclic) bond motifs is 1. The maximum atomic E-state index is 5.41. The molecule has 1 aliphatic rings. The van der Waals surface area contributed by atoms with Gasteiger partial charge in [-0.25, -0.2) is 4.98 Å². The summed E-state index contributed by atoms with van der Waals surface area (Å²) in [4.78, 5) is 7.30. The van der Waals surface area contributed by atoms with E-state index in [1.54, 1.807) is 6.33 Å². The number of anilines is 1. The molecule has 3 N–H and O–H groups in total. The zero-order chi connectivity index (χ0) is 11.5. The lowest BCUT2D eigenvalue weighted by Crippen LogP contribution is -2.45. The maximum absolute atomic E-state index is 5.41. The van der Waals surface area contributed by atoms with E-state index in [9.17, 15) is 0 Å². The molecule has 90 valence electrons. The first-order chi connectivity index (χ1) is 8.42. The van der Waals surface area contributed by atoms with Gasteiger partial charge >= 0.3 is 0 Å². The second-order valence-corrected chi connectivity index (χ2v) is 4.24. The molecule has 5 nitrogen and oxygen atoms in total. The smallest absolute Gasteiger partial charge is 0.0931 e. The summed E-state index contributed by atoms with van der Waals surface area (Å²) in [7, 11) is 0. The minimum atomic E-state index is 0.390. The Morgan fingerprint density at radius 2 is 2.47 bits per heavy atom. The third-order valence-electron chi connectivity index (χ3n) is 2.97. The van der Waals surface area contributed by atoms with Gasteiger partial charge in [0, 0.05) is 24.8 Å². The molecule has 0 bridgehead atoms. The van der Waals surface area contributed by atoms with Crippen molar-refractivity contribution in [2.24, 2.45) is 0 Å². The van der Waals surface area contributed by atoms with Crippen LogP contribution in [0.15, 0.2) is 24.5 Å². The summed E-state index contributed by atoms with van der Waals surface area (Å²) in [5.74, 6) is 0. The summed E-state index contributed by atoms with van der Waals surface area (Å²) in [6.45, 7) is 3.40. The van der Waals surface area contributed by atoms with Crippen molar-refractivity contribution >= 4 is 16.7 Å². The number of rotatable bonds is 3. The van der Waals surface area contributed by atoms with Gasteiger partial charge in [0.05, 0.1) is 30.6 Å². The molecule has 17 heavy (non-hydrogen) atoms. The Hall–Kier alpha value is -1.59. The molecular formula is C12H16N4O. The lowest BCUT2D eigenvalue weighted by molar-refractivity contribution is 0.0806. The van der Waals surface area contributed by atoms with Gasteiger partial charge in [-0.1, -0.05) is 0 Å². The van der Waals surface area contributed by atoms with Crippen LogP contribution in [0.25, 0.3) is 11.0 Å². The molecule has 2 aromatic rings. The largest absolute Gasteiger partial charge is 0.383 e. The Kier molecular flexibility index (Phi) is 2.94. The van der Waals surface area contributed by atoms with Crippen molar-refractivity contribution in [3.8, 4) is 0 Å². The fourth-order valence-electron chi connectivity index (χ4n) is 2.04. The summed E-state index contributed by atoms with van der Waals surface area (Å²) >= 11 is 0. The van der Waals surface area contributed by atoms with E-state index in [-0.39, 0.29) is 0 Å². The number of benzene rings is 1. The van der Waals surface area contributed by atoms with E-state index in [0.717, 1.165) is 43.0 Å². The standard InChI is InChI=1S/C12H16N4O/c1-2-11-12(16-8-15-11)5-9(1)14-6-10-7-17-4-3-13-10/h1-2,5,8,10,13-14H,3-4,6-7H2,(H,15,16). The Morgan fingerprint density at radius 3 is 3.35 bits per heavy atom. The first-order valence-corrected chi connectivity index (χ1v) is 5.90. The maximum Gasteiger partial charge on any atom is 0.0931 e. The molecule has 3 rings (SSSR count). The topological polar surface area (TPSA) is 62.0 Å². The molecule has 0 amide bonds. The molecule has 0 saturated carbocycles. The van der Waals surface area contributed by atoms with Gasteiger partial charge in [0.1, 0.15) is 0 Å². The van der Waals surface area contributed by atoms with E-state index >= 15 is 0 Å². The molecule has 5 heteroatoms. The second-order valence-electron chi connectivity index (χ2n) is 4.24. The summed E-state index contributed by atoms with van der Waals surface area (Å²) in [5, 5.41) is 6.82. The van der Waals surface area contributed by atoms with Crippen LogP contribution in [0, 0.1) is 0 Å². The molecule has 1 aromatic heterocycles. The number of imidazole rings is 1. The van der Waals surface area contributed by atoms with Crippen LogP contribution in [0.3, 0.4) is 0 Å². The highest BCUT2D eigenvalue weighted by atomic mass is 16.5. The van der Waals surface area contributed by atoms with Crippen molar-refractivity contribution < 1.29 is 4.74 Å². The third-order valence-corrected chi connectivity index (χ3v) is 2.97. The number of nitrogens with zero attached hydrogens (tertiary/aromatic N) is 1. The fourth-order valence-corrected chi connectivity index (χ4v) is 2.04. The first-order valence-electron chi connectivity index (χ1n) is 5.90. The van der Waals surface area contributed by atoms with Crippen molar-refractivity contribution in [3.63, 3.8) is 0 Å². The first kappa shape index (κ1) is 10.6. The monoisotopic (exact) mass is 232 g/mol. The lowest BCUT2D eigenvalue weighted by Gasteiger charge is -2.24. The molecule has 1 aliphatic heterocycles. The van der Waals surface area contributed by atoms with E-state index in [2.05, 4.69) is 26.7 Å². The van der Waals surface area contributed by atoms with Crippen LogP contribution in [0.5, 0.6) is 0 Å². The Morgan fingerprint density at radius 1 is 1.47 bits per heavy atom. The van der Waals surface area contributed by atoms with Gasteiger partial charge in [-0.15, -0.1) is 0 Å². The molecule has 0 spiro atoms. The molecule has 1 fully saturated rings. The van der Waals surface area contributed by atoms with Crippen molar-refractivity contribution in [1.82, 2.24) is 15.3 Å². The van der Waals surface area contributed by atoms with E-state index in [1.165, 1.54) is 0 Å². The number of ether oxygens (including phenoxy) is 1. The number of hydrogen-bond donors (Lipinski definition) is 3. The lowest BCUT2D eigenvalue weighted by atomic mass is 10.2. The summed E-state index contributed by atoms with van der Waals surface area (Å²) in [6.07, 6.45) is 1.71. The van der Waals surface area contributed by atoms with Crippen molar-refractivity contribution in [2.75, 3.05) is 31.6 Å². The summed E-state index contributed by atoms with van der Waals surface area (Å²) < 4.78 is 5.41. The van der Waals surface area contributed by atoms with E-state index in [1.807, 2.05) is 12.1 Å². The van der Waals surface area contributed by atoms with Crippen molar-refractivity contribution in [3.05, 3.63) is 24.5 Å². The summed E-state index contributed by atoms with van der Waals surface area (Å²) in [6, 6.07) is 6.53. The van der Waals surface area contributed by atoms with Gasteiger partial charge in [-0.2, -0.15) is 0 Å². The number of H-pyrrole nitrogens is 1. The van der Waals surface area contributed by atoms with Gasteiger partial charge in [-0.05, 0) is 18.2 Å².